The Morgan fingerprint density at radius 2 is 2.00 bits per heavy atom. The number of benzene rings is 1. The van der Waals surface area contributed by atoms with Crippen molar-refractivity contribution < 1.29 is 15.0 Å². The van der Waals surface area contributed by atoms with Gasteiger partial charge < -0.3 is 15.9 Å². The van der Waals surface area contributed by atoms with Gasteiger partial charge in [-0.1, -0.05) is 12.1 Å². The summed E-state index contributed by atoms with van der Waals surface area (Å²) >= 11 is 0. The normalized spacial score (nSPS) is 21.4. The van der Waals surface area contributed by atoms with Crippen molar-refractivity contribution in [1.29, 1.82) is 0 Å². The Balaban J connectivity index is 2.22. The number of carbonyl (C=O) groups excluding carboxylic acids is 1. The molecule has 0 radical (unpaired) electrons. The van der Waals surface area contributed by atoms with Crippen molar-refractivity contribution in [2.75, 3.05) is 0 Å². The first-order chi connectivity index (χ1) is 7.58. The largest absolute Gasteiger partial charge is 0.508 e. The molecule has 2 atom stereocenters. The molecule has 1 aromatic rings. The lowest BCUT2D eigenvalue weighted by atomic mass is 10.0. The van der Waals surface area contributed by atoms with E-state index in [1.807, 2.05) is 0 Å². The summed E-state index contributed by atoms with van der Waals surface area (Å²) in [5, 5.41) is 21.3. The predicted molar refractivity (Wildman–Crippen MR) is 56.6 cm³/mol. The van der Waals surface area contributed by atoms with E-state index in [9.17, 15) is 9.90 Å². The third-order valence-corrected chi connectivity index (χ3v) is 2.33. The molecule has 0 unspecified atom stereocenters. The summed E-state index contributed by atoms with van der Waals surface area (Å²) in [5.74, 6) is -0.333. The number of hydrogen-bond acceptors (Lipinski definition) is 5. The van der Waals surface area contributed by atoms with E-state index >= 15 is 0 Å². The number of aliphatic imine (C=N–C) groups is 1. The molecule has 6 nitrogen and oxygen atoms in total. The van der Waals surface area contributed by atoms with E-state index in [4.69, 9.17) is 10.8 Å². The number of nitrogens with two attached hydrogens (primary N) is 1. The Bertz CT molecular complexity index is 441. The smallest absolute Gasteiger partial charge is 0.254 e. The Morgan fingerprint density at radius 3 is 2.50 bits per heavy atom. The number of hydrogen-bond donors (Lipinski definition) is 4. The summed E-state index contributed by atoms with van der Waals surface area (Å²) < 4.78 is 0. The van der Waals surface area contributed by atoms with Crippen LogP contribution in [0, 0.1) is 0 Å². The third-order valence-electron chi connectivity index (χ3n) is 2.33. The molecule has 0 aromatic heterocycles. The second kappa shape index (κ2) is 3.82. The van der Waals surface area contributed by atoms with Crippen LogP contribution in [-0.4, -0.2) is 28.1 Å². The van der Waals surface area contributed by atoms with Gasteiger partial charge >= 0.3 is 0 Å². The van der Waals surface area contributed by atoms with E-state index < -0.39 is 18.1 Å². The number of nitrogens with one attached hydrogen (secondary N) is 1. The fraction of sp³-hybridized carbons (Fsp3) is 0.200. The van der Waals surface area contributed by atoms with Crippen LogP contribution in [0.1, 0.15) is 11.7 Å². The number of amides is 1. The van der Waals surface area contributed by atoms with E-state index in [-0.39, 0.29) is 11.7 Å². The molecule has 1 aromatic carbocycles. The summed E-state index contributed by atoms with van der Waals surface area (Å²) in [5.41, 5.74) is 5.82. The van der Waals surface area contributed by atoms with Crippen LogP contribution < -0.4 is 11.1 Å². The van der Waals surface area contributed by atoms with Crippen molar-refractivity contribution in [3.63, 3.8) is 0 Å². The maximum Gasteiger partial charge on any atom is 0.254 e. The number of carbonyl (C=O) groups is 1. The zero-order valence-corrected chi connectivity index (χ0v) is 8.29. The molecule has 1 aliphatic heterocycles. The number of aliphatic hydroxyl groups excluding tert-OH is 1. The molecule has 0 saturated heterocycles. The number of phenols is 1. The highest BCUT2D eigenvalue weighted by Gasteiger charge is 2.32. The highest BCUT2D eigenvalue weighted by Crippen LogP contribution is 2.23. The van der Waals surface area contributed by atoms with E-state index in [2.05, 4.69) is 10.3 Å². The molecule has 0 fully saturated rings. The number of guanidine groups is 1. The molecule has 2 rings (SSSR count). The van der Waals surface area contributed by atoms with E-state index in [0.29, 0.717) is 5.56 Å². The molecule has 0 spiro atoms. The minimum atomic E-state index is -1.07. The molecule has 1 amide bonds. The van der Waals surface area contributed by atoms with E-state index in [1.54, 1.807) is 0 Å². The standard InChI is InChI=1S/C10H11N3O3/c11-10-12-7(9(16)13-10)8(15)5-1-3-6(14)4-2-5/h1-4,7-8,14-15H,(H3,11,12,13,16)/t7-,8+/m0/s1. The molecule has 6 heteroatoms. The molecular weight excluding hydrogens is 210 g/mol. The van der Waals surface area contributed by atoms with Gasteiger partial charge in [-0.2, -0.15) is 0 Å². The lowest BCUT2D eigenvalue weighted by Crippen LogP contribution is -2.34. The van der Waals surface area contributed by atoms with Crippen molar-refractivity contribution in [3.05, 3.63) is 29.8 Å². The summed E-state index contributed by atoms with van der Waals surface area (Å²) in [4.78, 5) is 15.1. The fourth-order valence-electron chi connectivity index (χ4n) is 1.51. The van der Waals surface area contributed by atoms with Crippen molar-refractivity contribution in [2.24, 2.45) is 10.7 Å². The molecule has 0 saturated carbocycles. The average molecular weight is 221 g/mol. The maximum atomic E-state index is 11.4. The Hall–Kier alpha value is -2.08. The first kappa shape index (κ1) is 10.4. The maximum absolute atomic E-state index is 11.4. The highest BCUT2D eigenvalue weighted by molar-refractivity contribution is 6.04. The first-order valence-electron chi connectivity index (χ1n) is 4.69. The van der Waals surface area contributed by atoms with E-state index in [1.165, 1.54) is 24.3 Å². The minimum absolute atomic E-state index is 0.00725. The zero-order valence-electron chi connectivity index (χ0n) is 8.29. The van der Waals surface area contributed by atoms with Crippen molar-refractivity contribution >= 4 is 11.9 Å². The summed E-state index contributed by atoms with van der Waals surface area (Å²) in [6.07, 6.45) is -1.07. The predicted octanol–water partition coefficient (Wildman–Crippen LogP) is -0.761. The molecule has 0 bridgehead atoms. The Labute approximate surface area is 91.4 Å². The lowest BCUT2D eigenvalue weighted by molar-refractivity contribution is -0.122. The van der Waals surface area contributed by atoms with Gasteiger partial charge in [0.2, 0.25) is 0 Å². The average Bonchev–Trinajstić information content (AvgIpc) is 2.58. The number of aliphatic hydroxyl groups is 1. The van der Waals surface area contributed by atoms with Gasteiger partial charge in [-0.05, 0) is 17.7 Å². The summed E-state index contributed by atoms with van der Waals surface area (Å²) in [6.45, 7) is 0. The minimum Gasteiger partial charge on any atom is -0.508 e. The second-order valence-corrected chi connectivity index (χ2v) is 3.48. The number of aromatic hydroxyl groups is 1. The molecule has 0 aliphatic carbocycles. The topological polar surface area (TPSA) is 108 Å². The van der Waals surface area contributed by atoms with Gasteiger partial charge in [0.15, 0.2) is 12.0 Å². The van der Waals surface area contributed by atoms with Crippen LogP contribution in [0.3, 0.4) is 0 Å². The fourth-order valence-corrected chi connectivity index (χ4v) is 1.51. The van der Waals surface area contributed by atoms with Crippen LogP contribution in [0.4, 0.5) is 0 Å². The molecule has 84 valence electrons. The van der Waals surface area contributed by atoms with Gasteiger partial charge in [-0.25, -0.2) is 4.99 Å². The highest BCUT2D eigenvalue weighted by atomic mass is 16.3. The van der Waals surface area contributed by atoms with Crippen LogP contribution >= 0.6 is 0 Å². The molecule has 1 aliphatic rings. The van der Waals surface area contributed by atoms with Crippen molar-refractivity contribution in [3.8, 4) is 5.75 Å². The van der Waals surface area contributed by atoms with Crippen LogP contribution in [0.25, 0.3) is 0 Å². The quantitative estimate of drug-likeness (QED) is 0.526. The Morgan fingerprint density at radius 1 is 1.38 bits per heavy atom. The number of nitrogens with zero attached hydrogens (tertiary/aromatic N) is 1. The van der Waals surface area contributed by atoms with Crippen molar-refractivity contribution in [1.82, 2.24) is 5.32 Å². The van der Waals surface area contributed by atoms with Crippen molar-refractivity contribution in [2.45, 2.75) is 12.1 Å². The Kier molecular flexibility index (Phi) is 2.49. The second-order valence-electron chi connectivity index (χ2n) is 3.48. The first-order valence-corrected chi connectivity index (χ1v) is 4.69. The monoisotopic (exact) mass is 221 g/mol. The van der Waals surface area contributed by atoms with Gasteiger partial charge in [-0.15, -0.1) is 0 Å². The van der Waals surface area contributed by atoms with Gasteiger partial charge in [0, 0.05) is 0 Å². The SMILES string of the molecule is NC1=N[C@@H]([C@H](O)c2ccc(O)cc2)C(=O)N1. The van der Waals surface area contributed by atoms with Gasteiger partial charge in [0.05, 0.1) is 0 Å². The van der Waals surface area contributed by atoms with Gasteiger partial charge in [-0.3, -0.25) is 10.1 Å². The van der Waals surface area contributed by atoms with Crippen LogP contribution in [0.2, 0.25) is 0 Å². The third kappa shape index (κ3) is 1.82. The van der Waals surface area contributed by atoms with E-state index in [0.717, 1.165) is 0 Å². The molecule has 16 heavy (non-hydrogen) atoms. The van der Waals surface area contributed by atoms with Gasteiger partial charge in [0.1, 0.15) is 11.9 Å². The lowest BCUT2D eigenvalue weighted by Gasteiger charge is -2.13. The van der Waals surface area contributed by atoms with Crippen LogP contribution in [-0.2, 0) is 4.79 Å². The molecule has 1 heterocycles. The number of phenolic OH excluding ortho intramolecular Hbond substituents is 1. The van der Waals surface area contributed by atoms with Crippen LogP contribution in [0.15, 0.2) is 29.3 Å². The molecule has 5 N–H and O–H groups in total. The van der Waals surface area contributed by atoms with Gasteiger partial charge in [0.25, 0.3) is 5.91 Å². The number of rotatable bonds is 2. The summed E-state index contributed by atoms with van der Waals surface area (Å²) in [7, 11) is 0. The zero-order chi connectivity index (χ0) is 11.7. The molecular formula is C10H11N3O3. The van der Waals surface area contributed by atoms with Crippen LogP contribution in [0.5, 0.6) is 5.75 Å². The summed E-state index contributed by atoms with van der Waals surface area (Å²) in [6, 6.07) is 4.98.